The Hall–Kier alpha value is -2.53. The van der Waals surface area contributed by atoms with Crippen molar-refractivity contribution >= 4 is 23.4 Å². The van der Waals surface area contributed by atoms with Gasteiger partial charge >= 0.3 is 0 Å². The Balaban J connectivity index is 1.82. The van der Waals surface area contributed by atoms with Gasteiger partial charge in [-0.25, -0.2) is 0 Å². The molecule has 1 atom stereocenters. The van der Waals surface area contributed by atoms with Crippen molar-refractivity contribution in [2.24, 2.45) is 0 Å². The molecule has 0 radical (unpaired) electrons. The fourth-order valence-electron chi connectivity index (χ4n) is 2.35. The van der Waals surface area contributed by atoms with Crippen LogP contribution >= 0.6 is 11.6 Å². The number of nitrogens with one attached hydrogen (secondary N) is 2. The summed E-state index contributed by atoms with van der Waals surface area (Å²) in [7, 11) is 0. The maximum absolute atomic E-state index is 12.1. The zero-order chi connectivity index (χ0) is 19.1. The molecule has 2 aromatic carbocycles. The monoisotopic (exact) mass is 374 g/mol. The van der Waals surface area contributed by atoms with Gasteiger partial charge in [0.15, 0.2) is 0 Å². The third kappa shape index (κ3) is 6.08. The van der Waals surface area contributed by atoms with E-state index in [0.29, 0.717) is 16.3 Å². The maximum atomic E-state index is 12.1. The molecule has 0 saturated heterocycles. The molecule has 0 aromatic heterocycles. The van der Waals surface area contributed by atoms with Gasteiger partial charge in [-0.1, -0.05) is 23.7 Å². The number of rotatable bonds is 7. The smallest absolute Gasteiger partial charge is 0.251 e. The molecule has 0 aliphatic heterocycles. The molecule has 2 N–H and O–H groups in total. The summed E-state index contributed by atoms with van der Waals surface area (Å²) >= 11 is 5.86. The fraction of sp³-hybridized carbons (Fsp3) is 0.300. The van der Waals surface area contributed by atoms with Gasteiger partial charge < -0.3 is 15.4 Å². The molecule has 6 heteroatoms. The summed E-state index contributed by atoms with van der Waals surface area (Å²) in [4.78, 5) is 24.2. The molecular formula is C20H23ClN2O3. The van der Waals surface area contributed by atoms with E-state index in [-0.39, 0.29) is 30.5 Å². The van der Waals surface area contributed by atoms with E-state index in [9.17, 15) is 9.59 Å². The van der Waals surface area contributed by atoms with Crippen LogP contribution < -0.4 is 15.4 Å². The van der Waals surface area contributed by atoms with Crippen molar-refractivity contribution in [1.29, 1.82) is 0 Å². The Morgan fingerprint density at radius 3 is 2.19 bits per heavy atom. The molecule has 0 aliphatic rings. The standard InChI is InChI=1S/C20H23ClN2O3/c1-13(2)26-18-10-6-16(7-11-18)20(25)22-12-19(24)23-14(3)15-4-8-17(21)9-5-15/h4-11,13-14H,12H2,1-3H3,(H,22,25)(H,23,24). The van der Waals surface area contributed by atoms with Gasteiger partial charge in [0.1, 0.15) is 5.75 Å². The first kappa shape index (κ1) is 19.8. The van der Waals surface area contributed by atoms with E-state index in [1.807, 2.05) is 32.9 Å². The second kappa shape index (κ2) is 9.25. The molecular weight excluding hydrogens is 352 g/mol. The quantitative estimate of drug-likeness (QED) is 0.775. The van der Waals surface area contributed by atoms with Crippen LogP contribution in [0.3, 0.4) is 0 Å². The van der Waals surface area contributed by atoms with Crippen molar-refractivity contribution in [3.63, 3.8) is 0 Å². The third-order valence-electron chi connectivity index (χ3n) is 3.65. The van der Waals surface area contributed by atoms with E-state index in [4.69, 9.17) is 16.3 Å². The predicted molar refractivity (Wildman–Crippen MR) is 103 cm³/mol. The molecule has 0 fully saturated rings. The topological polar surface area (TPSA) is 67.4 Å². The first-order valence-electron chi connectivity index (χ1n) is 8.45. The minimum absolute atomic E-state index is 0.0704. The molecule has 2 aromatic rings. The van der Waals surface area contributed by atoms with Gasteiger partial charge in [0.2, 0.25) is 5.91 Å². The van der Waals surface area contributed by atoms with Gasteiger partial charge in [0.05, 0.1) is 18.7 Å². The zero-order valence-electron chi connectivity index (χ0n) is 15.1. The molecule has 0 aliphatic carbocycles. The summed E-state index contributed by atoms with van der Waals surface area (Å²) in [6.45, 7) is 5.64. The van der Waals surface area contributed by atoms with Crippen LogP contribution in [0.1, 0.15) is 42.7 Å². The number of halogens is 1. The SMILES string of the molecule is CC(C)Oc1ccc(C(=O)NCC(=O)NC(C)c2ccc(Cl)cc2)cc1. The average Bonchev–Trinajstić information content (AvgIpc) is 2.60. The molecule has 0 bridgehead atoms. The summed E-state index contributed by atoms with van der Waals surface area (Å²) in [5.41, 5.74) is 1.41. The first-order valence-corrected chi connectivity index (χ1v) is 8.82. The summed E-state index contributed by atoms with van der Waals surface area (Å²) in [6.07, 6.45) is 0.0704. The van der Waals surface area contributed by atoms with Gasteiger partial charge in [0.25, 0.3) is 5.91 Å². The predicted octanol–water partition coefficient (Wildman–Crippen LogP) is 3.73. The molecule has 0 heterocycles. The Kier molecular flexibility index (Phi) is 7.04. The van der Waals surface area contributed by atoms with Crippen molar-refractivity contribution in [2.75, 3.05) is 6.54 Å². The molecule has 2 amide bonds. The van der Waals surface area contributed by atoms with Crippen molar-refractivity contribution in [1.82, 2.24) is 10.6 Å². The van der Waals surface area contributed by atoms with E-state index in [2.05, 4.69) is 10.6 Å². The van der Waals surface area contributed by atoms with Gasteiger partial charge in [-0.3, -0.25) is 9.59 Å². The van der Waals surface area contributed by atoms with Crippen LogP contribution in [-0.4, -0.2) is 24.5 Å². The van der Waals surface area contributed by atoms with Gasteiger partial charge in [-0.05, 0) is 62.7 Å². The lowest BCUT2D eigenvalue weighted by Crippen LogP contribution is -2.38. The van der Waals surface area contributed by atoms with Crippen LogP contribution in [0.25, 0.3) is 0 Å². The molecule has 0 spiro atoms. The molecule has 26 heavy (non-hydrogen) atoms. The highest BCUT2D eigenvalue weighted by molar-refractivity contribution is 6.30. The molecule has 5 nitrogen and oxygen atoms in total. The van der Waals surface area contributed by atoms with Crippen molar-refractivity contribution in [3.05, 3.63) is 64.7 Å². The van der Waals surface area contributed by atoms with Gasteiger partial charge in [-0.15, -0.1) is 0 Å². The zero-order valence-corrected chi connectivity index (χ0v) is 15.8. The Bertz CT molecular complexity index is 743. The molecule has 2 rings (SSSR count). The second-order valence-corrected chi connectivity index (χ2v) is 6.65. The highest BCUT2D eigenvalue weighted by Gasteiger charge is 2.12. The average molecular weight is 375 g/mol. The Labute approximate surface area is 158 Å². The first-order chi connectivity index (χ1) is 12.3. The van der Waals surface area contributed by atoms with E-state index >= 15 is 0 Å². The number of carbonyl (C=O) groups is 2. The Morgan fingerprint density at radius 2 is 1.62 bits per heavy atom. The number of benzene rings is 2. The van der Waals surface area contributed by atoms with E-state index in [0.717, 1.165) is 5.56 Å². The number of amides is 2. The van der Waals surface area contributed by atoms with Crippen LogP contribution in [0.2, 0.25) is 5.02 Å². The normalized spacial score (nSPS) is 11.7. The number of carbonyl (C=O) groups excluding carboxylic acids is 2. The number of hydrogen-bond acceptors (Lipinski definition) is 3. The van der Waals surface area contributed by atoms with E-state index in [1.165, 1.54) is 0 Å². The third-order valence-corrected chi connectivity index (χ3v) is 3.90. The lowest BCUT2D eigenvalue weighted by molar-refractivity contribution is -0.120. The summed E-state index contributed by atoms with van der Waals surface area (Å²) in [5.74, 6) is 0.127. The molecule has 138 valence electrons. The van der Waals surface area contributed by atoms with E-state index < -0.39 is 0 Å². The molecule has 0 saturated carbocycles. The largest absolute Gasteiger partial charge is 0.491 e. The van der Waals surface area contributed by atoms with Crippen LogP contribution in [0.4, 0.5) is 0 Å². The number of hydrogen-bond donors (Lipinski definition) is 2. The maximum Gasteiger partial charge on any atom is 0.251 e. The van der Waals surface area contributed by atoms with Gasteiger partial charge in [-0.2, -0.15) is 0 Å². The fourth-order valence-corrected chi connectivity index (χ4v) is 2.47. The highest BCUT2D eigenvalue weighted by atomic mass is 35.5. The lowest BCUT2D eigenvalue weighted by Gasteiger charge is -2.15. The summed E-state index contributed by atoms with van der Waals surface area (Å²) in [5, 5.41) is 6.09. The van der Waals surface area contributed by atoms with Crippen LogP contribution in [0.5, 0.6) is 5.75 Å². The van der Waals surface area contributed by atoms with Crippen LogP contribution in [0, 0.1) is 0 Å². The second-order valence-electron chi connectivity index (χ2n) is 6.21. The van der Waals surface area contributed by atoms with Crippen LogP contribution in [0.15, 0.2) is 48.5 Å². The van der Waals surface area contributed by atoms with Crippen LogP contribution in [-0.2, 0) is 4.79 Å². The van der Waals surface area contributed by atoms with Gasteiger partial charge in [0, 0.05) is 10.6 Å². The minimum atomic E-state index is -0.310. The summed E-state index contributed by atoms with van der Waals surface area (Å²) in [6, 6.07) is 13.9. The Morgan fingerprint density at radius 1 is 1.00 bits per heavy atom. The van der Waals surface area contributed by atoms with Crippen molar-refractivity contribution < 1.29 is 14.3 Å². The minimum Gasteiger partial charge on any atom is -0.491 e. The highest BCUT2D eigenvalue weighted by Crippen LogP contribution is 2.16. The summed E-state index contributed by atoms with van der Waals surface area (Å²) < 4.78 is 5.54. The lowest BCUT2D eigenvalue weighted by atomic mass is 10.1. The molecule has 1 unspecified atom stereocenters. The van der Waals surface area contributed by atoms with E-state index in [1.54, 1.807) is 36.4 Å². The number of ether oxygens (including phenoxy) is 1. The van der Waals surface area contributed by atoms with Crippen molar-refractivity contribution in [2.45, 2.75) is 32.9 Å². The van der Waals surface area contributed by atoms with Crippen molar-refractivity contribution in [3.8, 4) is 5.75 Å².